The van der Waals surface area contributed by atoms with Gasteiger partial charge in [-0.05, 0) is 56.9 Å². The van der Waals surface area contributed by atoms with E-state index in [-0.39, 0.29) is 5.91 Å². The normalized spacial score (nSPS) is 13.5. The molecule has 1 amide bonds. The first-order chi connectivity index (χ1) is 10.4. The predicted molar refractivity (Wildman–Crippen MR) is 90.7 cm³/mol. The summed E-state index contributed by atoms with van der Waals surface area (Å²) in [6.45, 7) is 10.5. The lowest BCUT2D eigenvalue weighted by Gasteiger charge is -2.28. The van der Waals surface area contributed by atoms with Gasteiger partial charge in [0.25, 0.3) is 5.91 Å². The second-order valence-corrected chi connectivity index (χ2v) is 5.93. The van der Waals surface area contributed by atoms with E-state index in [0.717, 1.165) is 35.4 Å². The Bertz CT molecular complexity index is 490. The summed E-state index contributed by atoms with van der Waals surface area (Å²) in [5.41, 5.74) is 2.00. The van der Waals surface area contributed by atoms with Crippen LogP contribution in [0.5, 0.6) is 5.75 Å². The van der Waals surface area contributed by atoms with Crippen molar-refractivity contribution in [2.75, 3.05) is 19.0 Å². The molecule has 0 unspecified atom stereocenters. The van der Waals surface area contributed by atoms with E-state index in [1.54, 1.807) is 7.11 Å². The minimum absolute atomic E-state index is 0.0910. The van der Waals surface area contributed by atoms with E-state index >= 15 is 0 Å². The van der Waals surface area contributed by atoms with Crippen molar-refractivity contribution in [1.82, 2.24) is 0 Å². The van der Waals surface area contributed by atoms with Gasteiger partial charge in [0.2, 0.25) is 0 Å². The number of methoxy groups -OCH3 is 1. The summed E-state index contributed by atoms with van der Waals surface area (Å²) in [6.07, 6.45) is 2.49. The Hall–Kier alpha value is -1.55. The number of carbonyl (C=O) groups is 1. The van der Waals surface area contributed by atoms with Gasteiger partial charge in [0.1, 0.15) is 11.4 Å². The maximum atomic E-state index is 12.6. The first-order valence-electron chi connectivity index (χ1n) is 7.98. The number of aryl methyl sites for hydroxylation is 2. The van der Waals surface area contributed by atoms with Gasteiger partial charge in [-0.3, -0.25) is 4.79 Å². The van der Waals surface area contributed by atoms with Gasteiger partial charge in [0.15, 0.2) is 0 Å². The molecule has 22 heavy (non-hydrogen) atoms. The summed E-state index contributed by atoms with van der Waals surface area (Å²) in [7, 11) is 1.66. The lowest BCUT2D eigenvalue weighted by atomic mass is 9.98. The average molecular weight is 307 g/mol. The molecule has 4 heteroatoms. The van der Waals surface area contributed by atoms with E-state index < -0.39 is 5.60 Å². The molecule has 0 spiro atoms. The fourth-order valence-corrected chi connectivity index (χ4v) is 2.66. The van der Waals surface area contributed by atoms with Gasteiger partial charge in [0.05, 0.1) is 7.11 Å². The lowest BCUT2D eigenvalue weighted by molar-refractivity contribution is -0.140. The Labute approximate surface area is 134 Å². The van der Waals surface area contributed by atoms with Crippen molar-refractivity contribution in [3.63, 3.8) is 0 Å². The highest BCUT2D eigenvalue weighted by atomic mass is 16.5. The molecular weight excluding hydrogens is 278 g/mol. The van der Waals surface area contributed by atoms with Crippen LogP contribution in [-0.2, 0) is 9.53 Å². The molecule has 1 rings (SSSR count). The van der Waals surface area contributed by atoms with Crippen LogP contribution in [0.4, 0.5) is 5.69 Å². The van der Waals surface area contributed by atoms with Crippen molar-refractivity contribution in [3.8, 4) is 5.75 Å². The van der Waals surface area contributed by atoms with E-state index in [1.165, 1.54) is 0 Å². The molecule has 1 aromatic rings. The minimum atomic E-state index is -0.785. The number of hydrogen-bond acceptors (Lipinski definition) is 3. The van der Waals surface area contributed by atoms with Crippen molar-refractivity contribution >= 4 is 11.6 Å². The molecule has 1 N–H and O–H groups in total. The zero-order valence-electron chi connectivity index (χ0n) is 14.7. The standard InChI is InChI=1S/C18H29NO3/c1-7-9-18(5,22-10-8-2)17(20)19-15-11-13(3)16(21-6)14(4)12-15/h11-12H,7-10H2,1-6H3,(H,19,20)/t18-/m0/s1. The molecule has 0 bridgehead atoms. The summed E-state index contributed by atoms with van der Waals surface area (Å²) in [4.78, 5) is 12.6. The smallest absolute Gasteiger partial charge is 0.256 e. The number of carbonyl (C=O) groups excluding carboxylic acids is 1. The molecule has 1 atom stereocenters. The van der Waals surface area contributed by atoms with Crippen LogP contribution in [0.25, 0.3) is 0 Å². The molecule has 0 saturated carbocycles. The van der Waals surface area contributed by atoms with Gasteiger partial charge < -0.3 is 14.8 Å². The Morgan fingerprint density at radius 2 is 1.77 bits per heavy atom. The second-order valence-electron chi connectivity index (χ2n) is 5.93. The molecule has 4 nitrogen and oxygen atoms in total. The molecule has 0 radical (unpaired) electrons. The SMILES string of the molecule is CCCO[C@@](C)(CCC)C(=O)Nc1cc(C)c(OC)c(C)c1. The molecule has 0 aliphatic rings. The number of amides is 1. The Kier molecular flexibility index (Phi) is 6.88. The van der Waals surface area contributed by atoms with Gasteiger partial charge in [-0.1, -0.05) is 20.3 Å². The summed E-state index contributed by atoms with van der Waals surface area (Å²) in [6, 6.07) is 3.85. The van der Waals surface area contributed by atoms with Crippen molar-refractivity contribution in [2.45, 2.75) is 59.5 Å². The van der Waals surface area contributed by atoms with E-state index in [9.17, 15) is 4.79 Å². The molecular formula is C18H29NO3. The Morgan fingerprint density at radius 3 is 2.23 bits per heavy atom. The molecule has 0 saturated heterocycles. The lowest BCUT2D eigenvalue weighted by Crippen LogP contribution is -2.43. The van der Waals surface area contributed by atoms with E-state index in [2.05, 4.69) is 12.2 Å². The first-order valence-corrected chi connectivity index (χ1v) is 7.98. The highest BCUT2D eigenvalue weighted by Crippen LogP contribution is 2.28. The quantitative estimate of drug-likeness (QED) is 0.781. The van der Waals surface area contributed by atoms with Gasteiger partial charge in [-0.2, -0.15) is 0 Å². The van der Waals surface area contributed by atoms with Gasteiger partial charge in [0, 0.05) is 12.3 Å². The molecule has 0 heterocycles. The molecule has 124 valence electrons. The van der Waals surface area contributed by atoms with E-state index in [0.29, 0.717) is 13.0 Å². The third-order valence-electron chi connectivity index (χ3n) is 3.75. The van der Waals surface area contributed by atoms with Crippen LogP contribution in [0.2, 0.25) is 0 Å². The van der Waals surface area contributed by atoms with Crippen LogP contribution in [0.15, 0.2) is 12.1 Å². The van der Waals surface area contributed by atoms with Crippen molar-refractivity contribution < 1.29 is 14.3 Å². The monoisotopic (exact) mass is 307 g/mol. The number of anilines is 1. The van der Waals surface area contributed by atoms with Gasteiger partial charge >= 0.3 is 0 Å². The Balaban J connectivity index is 2.94. The largest absolute Gasteiger partial charge is 0.496 e. The molecule has 0 aliphatic heterocycles. The molecule has 0 aromatic heterocycles. The minimum Gasteiger partial charge on any atom is -0.496 e. The van der Waals surface area contributed by atoms with Gasteiger partial charge in [-0.25, -0.2) is 0 Å². The number of nitrogens with one attached hydrogen (secondary N) is 1. The van der Waals surface area contributed by atoms with Crippen molar-refractivity contribution in [3.05, 3.63) is 23.3 Å². The number of benzene rings is 1. The zero-order valence-corrected chi connectivity index (χ0v) is 14.7. The summed E-state index contributed by atoms with van der Waals surface area (Å²) >= 11 is 0. The maximum Gasteiger partial charge on any atom is 0.256 e. The molecule has 0 aliphatic carbocycles. The summed E-state index contributed by atoms with van der Waals surface area (Å²) in [5.74, 6) is 0.767. The van der Waals surface area contributed by atoms with E-state index in [1.807, 2.05) is 39.8 Å². The van der Waals surface area contributed by atoms with Gasteiger partial charge in [-0.15, -0.1) is 0 Å². The van der Waals surface area contributed by atoms with Crippen LogP contribution < -0.4 is 10.1 Å². The van der Waals surface area contributed by atoms with E-state index in [4.69, 9.17) is 9.47 Å². The third kappa shape index (κ3) is 4.47. The highest BCUT2D eigenvalue weighted by molar-refractivity contribution is 5.97. The number of hydrogen-bond donors (Lipinski definition) is 1. The van der Waals surface area contributed by atoms with Crippen molar-refractivity contribution in [1.29, 1.82) is 0 Å². The summed E-state index contributed by atoms with van der Waals surface area (Å²) < 4.78 is 11.2. The predicted octanol–water partition coefficient (Wildman–Crippen LogP) is 4.24. The first kappa shape index (κ1) is 18.5. The molecule has 1 aromatic carbocycles. The van der Waals surface area contributed by atoms with Crippen LogP contribution in [0.3, 0.4) is 0 Å². The highest BCUT2D eigenvalue weighted by Gasteiger charge is 2.33. The Morgan fingerprint density at radius 1 is 1.18 bits per heavy atom. The maximum absolute atomic E-state index is 12.6. The average Bonchev–Trinajstić information content (AvgIpc) is 2.45. The zero-order chi connectivity index (χ0) is 16.8. The molecule has 0 fully saturated rings. The second kappa shape index (κ2) is 8.18. The topological polar surface area (TPSA) is 47.6 Å². The van der Waals surface area contributed by atoms with Crippen LogP contribution in [0, 0.1) is 13.8 Å². The third-order valence-corrected chi connectivity index (χ3v) is 3.75. The number of ether oxygens (including phenoxy) is 2. The van der Waals surface area contributed by atoms with Crippen LogP contribution in [-0.4, -0.2) is 25.2 Å². The fraction of sp³-hybridized carbons (Fsp3) is 0.611. The fourth-order valence-electron chi connectivity index (χ4n) is 2.66. The summed E-state index contributed by atoms with van der Waals surface area (Å²) in [5, 5.41) is 2.99. The van der Waals surface area contributed by atoms with Crippen LogP contribution in [0.1, 0.15) is 51.2 Å². The van der Waals surface area contributed by atoms with Crippen LogP contribution >= 0.6 is 0 Å². The van der Waals surface area contributed by atoms with Crippen molar-refractivity contribution in [2.24, 2.45) is 0 Å². The number of rotatable bonds is 8.